The first kappa shape index (κ1) is 9.34. The Morgan fingerprint density at radius 3 is 2.79 bits per heavy atom. The average Bonchev–Trinajstić information content (AvgIpc) is 2.44. The van der Waals surface area contributed by atoms with Crippen molar-refractivity contribution in [3.05, 3.63) is 23.2 Å². The van der Waals surface area contributed by atoms with Crippen LogP contribution in [0.3, 0.4) is 0 Å². The Bertz CT molecular complexity index is 473. The molecule has 3 nitrogen and oxygen atoms in total. The van der Waals surface area contributed by atoms with Gasteiger partial charge in [0.25, 0.3) is 0 Å². The second-order valence-corrected chi connectivity index (χ2v) is 4.09. The van der Waals surface area contributed by atoms with E-state index in [0.717, 1.165) is 16.7 Å². The third-order valence-corrected chi connectivity index (χ3v) is 2.51. The summed E-state index contributed by atoms with van der Waals surface area (Å²) in [7, 11) is 0. The summed E-state index contributed by atoms with van der Waals surface area (Å²) >= 11 is 5.90. The summed E-state index contributed by atoms with van der Waals surface area (Å²) in [6, 6.07) is 5.99. The zero-order chi connectivity index (χ0) is 10.3. The van der Waals surface area contributed by atoms with Gasteiger partial charge in [-0.15, -0.1) is 0 Å². The van der Waals surface area contributed by atoms with Gasteiger partial charge in [0.15, 0.2) is 0 Å². The van der Waals surface area contributed by atoms with Crippen LogP contribution in [0.25, 0.3) is 10.9 Å². The number of anilines is 1. The van der Waals surface area contributed by atoms with Gasteiger partial charge in [0.2, 0.25) is 0 Å². The number of nitrogen functional groups attached to an aromatic ring is 1. The number of rotatable bonds is 1. The molecule has 1 heterocycles. The van der Waals surface area contributed by atoms with Crippen LogP contribution in [0.15, 0.2) is 18.2 Å². The predicted octanol–water partition coefficient (Wildman–Crippen LogP) is 2.27. The van der Waals surface area contributed by atoms with E-state index in [-0.39, 0.29) is 0 Å². The van der Waals surface area contributed by atoms with Gasteiger partial charge in [-0.05, 0) is 32.0 Å². The molecule has 14 heavy (non-hydrogen) atoms. The minimum atomic E-state index is 0.321. The van der Waals surface area contributed by atoms with Gasteiger partial charge in [0.05, 0.1) is 10.9 Å². The minimum absolute atomic E-state index is 0.321. The number of aromatic nitrogens is 2. The number of aromatic amines is 1. The molecule has 0 bridgehead atoms. The Kier molecular flexibility index (Phi) is 2.11. The van der Waals surface area contributed by atoms with E-state index in [0.29, 0.717) is 11.1 Å². The Morgan fingerprint density at radius 2 is 2.14 bits per heavy atom. The maximum absolute atomic E-state index is 5.98. The number of nitrogens with one attached hydrogen (secondary N) is 1. The molecular weight excluding hydrogens is 198 g/mol. The zero-order valence-corrected chi connectivity index (χ0v) is 8.97. The number of H-pyrrole nitrogens is 1. The Morgan fingerprint density at radius 1 is 1.43 bits per heavy atom. The van der Waals surface area contributed by atoms with E-state index in [1.807, 2.05) is 22.9 Å². The normalized spacial score (nSPS) is 11.4. The molecule has 4 heteroatoms. The van der Waals surface area contributed by atoms with Crippen LogP contribution in [0, 0.1) is 0 Å². The quantitative estimate of drug-likeness (QED) is 0.697. The fraction of sp³-hybridized carbons (Fsp3) is 0.300. The number of nitrogens with two attached hydrogens (primary N) is 1. The third kappa shape index (κ3) is 1.34. The van der Waals surface area contributed by atoms with Crippen LogP contribution in [-0.4, -0.2) is 5.10 Å². The van der Waals surface area contributed by atoms with Gasteiger partial charge in [-0.3, -0.25) is 5.73 Å². The van der Waals surface area contributed by atoms with Crippen LogP contribution in [0.4, 0.5) is 5.82 Å². The molecule has 3 N–H and O–H groups in total. The van der Waals surface area contributed by atoms with Crippen molar-refractivity contribution in [1.29, 1.82) is 0 Å². The number of nitrogens with zero attached hydrogens (tertiary/aromatic N) is 1. The molecule has 74 valence electrons. The Hall–Kier alpha value is -1.22. The van der Waals surface area contributed by atoms with E-state index in [1.165, 1.54) is 0 Å². The topological polar surface area (TPSA) is 45.7 Å². The highest BCUT2D eigenvalue weighted by molar-refractivity contribution is 6.31. The fourth-order valence-electron chi connectivity index (χ4n) is 1.55. The summed E-state index contributed by atoms with van der Waals surface area (Å²) in [4.78, 5) is 0. The maximum atomic E-state index is 5.98. The maximum Gasteiger partial charge on any atom is 0.301 e. The van der Waals surface area contributed by atoms with Crippen LogP contribution < -0.4 is 10.4 Å². The summed E-state index contributed by atoms with van der Waals surface area (Å²) < 4.78 is 1.93. The number of hydrogen-bond donors (Lipinski definition) is 2. The Balaban J connectivity index is 2.74. The molecule has 1 aromatic heterocycles. The molecule has 0 aliphatic heterocycles. The Labute approximate surface area is 87.5 Å². The van der Waals surface area contributed by atoms with Crippen LogP contribution >= 0.6 is 11.6 Å². The van der Waals surface area contributed by atoms with Crippen molar-refractivity contribution >= 4 is 28.3 Å². The van der Waals surface area contributed by atoms with Crippen molar-refractivity contribution in [3.8, 4) is 0 Å². The zero-order valence-electron chi connectivity index (χ0n) is 8.21. The van der Waals surface area contributed by atoms with Crippen molar-refractivity contribution in [2.24, 2.45) is 0 Å². The van der Waals surface area contributed by atoms with Gasteiger partial charge in [-0.1, -0.05) is 11.6 Å². The molecule has 0 radical (unpaired) electrons. The second-order valence-electron chi connectivity index (χ2n) is 3.65. The largest absolute Gasteiger partial charge is 0.301 e. The first-order valence-electron chi connectivity index (χ1n) is 4.58. The van der Waals surface area contributed by atoms with Gasteiger partial charge in [-0.2, -0.15) is 4.68 Å². The van der Waals surface area contributed by atoms with E-state index >= 15 is 0 Å². The number of fused-ring (bicyclic) bond motifs is 1. The standard InChI is InChI=1S/C10H12ClN3/c1-6(2)14-10(12)8-5-7(11)3-4-9(8)13-14/h3-6H,1-2H3,(H2,12,13)/p+1. The molecule has 1 aromatic carbocycles. The highest BCUT2D eigenvalue weighted by atomic mass is 35.5. The molecule has 0 unspecified atom stereocenters. The molecule has 2 rings (SSSR count). The summed E-state index contributed by atoms with van der Waals surface area (Å²) in [5.74, 6) is 0.734. The lowest BCUT2D eigenvalue weighted by atomic mass is 10.2. The number of benzene rings is 1. The van der Waals surface area contributed by atoms with Crippen molar-refractivity contribution in [3.63, 3.8) is 0 Å². The highest BCUT2D eigenvalue weighted by Gasteiger charge is 2.16. The first-order chi connectivity index (χ1) is 6.59. The minimum Gasteiger partial charge on any atom is -0.285 e. The summed E-state index contributed by atoms with van der Waals surface area (Å²) in [5, 5.41) is 4.91. The van der Waals surface area contributed by atoms with Crippen molar-refractivity contribution in [2.75, 3.05) is 5.73 Å². The molecule has 2 aromatic rings. The lowest BCUT2D eigenvalue weighted by Crippen LogP contribution is -2.40. The number of halogens is 1. The molecule has 0 aliphatic carbocycles. The van der Waals surface area contributed by atoms with E-state index in [1.54, 1.807) is 0 Å². The van der Waals surface area contributed by atoms with Crippen molar-refractivity contribution in [1.82, 2.24) is 5.10 Å². The number of hydrogen-bond acceptors (Lipinski definition) is 1. The first-order valence-corrected chi connectivity index (χ1v) is 4.95. The van der Waals surface area contributed by atoms with Crippen molar-refractivity contribution in [2.45, 2.75) is 19.9 Å². The lowest BCUT2D eigenvalue weighted by Gasteiger charge is -1.99. The fourth-order valence-corrected chi connectivity index (χ4v) is 1.73. The van der Waals surface area contributed by atoms with Gasteiger partial charge in [-0.25, -0.2) is 5.10 Å². The van der Waals surface area contributed by atoms with E-state index in [9.17, 15) is 0 Å². The van der Waals surface area contributed by atoms with E-state index < -0.39 is 0 Å². The molecule has 0 aliphatic rings. The average molecular weight is 211 g/mol. The molecule has 0 fully saturated rings. The molecule has 0 atom stereocenters. The molecular formula is C10H13ClN3+. The van der Waals surface area contributed by atoms with Gasteiger partial charge in [0, 0.05) is 5.02 Å². The second kappa shape index (κ2) is 3.17. The smallest absolute Gasteiger partial charge is 0.285 e. The highest BCUT2D eigenvalue weighted by Crippen LogP contribution is 2.21. The summed E-state index contributed by atoms with van der Waals surface area (Å²) in [6.45, 7) is 4.15. The molecule has 0 saturated carbocycles. The molecule has 0 saturated heterocycles. The van der Waals surface area contributed by atoms with Crippen LogP contribution in [0.1, 0.15) is 19.9 Å². The van der Waals surface area contributed by atoms with Crippen molar-refractivity contribution < 1.29 is 4.68 Å². The molecule has 0 spiro atoms. The van der Waals surface area contributed by atoms with Gasteiger partial charge in [0.1, 0.15) is 6.04 Å². The van der Waals surface area contributed by atoms with Gasteiger partial charge >= 0.3 is 5.82 Å². The van der Waals surface area contributed by atoms with Crippen LogP contribution in [0.2, 0.25) is 5.02 Å². The monoisotopic (exact) mass is 210 g/mol. The summed E-state index contributed by atoms with van der Waals surface area (Å²) in [5.41, 5.74) is 7.00. The van der Waals surface area contributed by atoms with Crippen LogP contribution in [0.5, 0.6) is 0 Å². The van der Waals surface area contributed by atoms with E-state index in [2.05, 4.69) is 18.9 Å². The lowest BCUT2D eigenvalue weighted by molar-refractivity contribution is -0.753. The summed E-state index contributed by atoms with van der Waals surface area (Å²) in [6.07, 6.45) is 0. The SMILES string of the molecule is CC(C)[n+]1[nH]c2ccc(Cl)cc2c1N. The third-order valence-electron chi connectivity index (χ3n) is 2.27. The van der Waals surface area contributed by atoms with Gasteiger partial charge < -0.3 is 0 Å². The molecule has 0 amide bonds. The predicted molar refractivity (Wildman–Crippen MR) is 58.3 cm³/mol. The van der Waals surface area contributed by atoms with Crippen LogP contribution in [-0.2, 0) is 0 Å². The van der Waals surface area contributed by atoms with E-state index in [4.69, 9.17) is 17.3 Å².